The lowest BCUT2D eigenvalue weighted by molar-refractivity contribution is -0.119. The first kappa shape index (κ1) is 11.7. The summed E-state index contributed by atoms with van der Waals surface area (Å²) < 4.78 is 23.0. The average Bonchev–Trinajstić information content (AvgIpc) is 2.18. The van der Waals surface area contributed by atoms with E-state index in [-0.39, 0.29) is 12.2 Å². The maximum atomic E-state index is 11.6. The highest BCUT2D eigenvalue weighted by molar-refractivity contribution is 7.92. The molecule has 0 aromatic heterocycles. The van der Waals surface area contributed by atoms with Crippen molar-refractivity contribution in [1.29, 1.82) is 10.5 Å². The van der Waals surface area contributed by atoms with Crippen molar-refractivity contribution in [3.8, 4) is 12.1 Å². The maximum Gasteiger partial charge on any atom is 0.192 e. The van der Waals surface area contributed by atoms with Crippen LogP contribution in [0.5, 0.6) is 0 Å². The molecule has 0 aliphatic carbocycles. The minimum atomic E-state index is -3.44. The minimum absolute atomic E-state index is 0.0208. The van der Waals surface area contributed by atoms with E-state index < -0.39 is 26.8 Å². The van der Waals surface area contributed by atoms with Crippen molar-refractivity contribution >= 4 is 15.6 Å². The lowest BCUT2D eigenvalue weighted by Gasteiger charge is -2.20. The summed E-state index contributed by atoms with van der Waals surface area (Å²) in [7, 11) is -3.44. The fourth-order valence-corrected chi connectivity index (χ4v) is 3.52. The number of ketones is 1. The molecule has 1 fully saturated rings. The molecule has 0 spiro atoms. The van der Waals surface area contributed by atoms with E-state index in [9.17, 15) is 13.2 Å². The van der Waals surface area contributed by atoms with Gasteiger partial charge in [0.1, 0.15) is 5.25 Å². The van der Waals surface area contributed by atoms with Crippen LogP contribution in [-0.2, 0) is 14.6 Å². The molecule has 6 heteroatoms. The van der Waals surface area contributed by atoms with Crippen LogP contribution in [-0.4, -0.2) is 25.2 Å². The van der Waals surface area contributed by atoms with Gasteiger partial charge in [0.2, 0.25) is 0 Å². The van der Waals surface area contributed by atoms with Gasteiger partial charge in [-0.15, -0.1) is 0 Å². The predicted molar refractivity (Wildman–Crippen MR) is 51.1 cm³/mol. The zero-order valence-electron chi connectivity index (χ0n) is 8.01. The van der Waals surface area contributed by atoms with Crippen molar-refractivity contribution in [2.75, 3.05) is 5.75 Å². The van der Waals surface area contributed by atoms with Gasteiger partial charge in [0.25, 0.3) is 0 Å². The van der Waals surface area contributed by atoms with Crippen LogP contribution in [0.4, 0.5) is 0 Å². The van der Waals surface area contributed by atoms with Gasteiger partial charge in [0, 0.05) is 0 Å². The Morgan fingerprint density at radius 1 is 1.27 bits per heavy atom. The van der Waals surface area contributed by atoms with Crippen molar-refractivity contribution in [3.63, 3.8) is 0 Å². The predicted octanol–water partition coefficient (Wildman–Crippen LogP) is 0.186. The van der Waals surface area contributed by atoms with Gasteiger partial charge in [-0.2, -0.15) is 10.5 Å². The summed E-state index contributed by atoms with van der Waals surface area (Å²) in [6.45, 7) is 0. The van der Waals surface area contributed by atoms with Crippen molar-refractivity contribution in [2.24, 2.45) is 5.92 Å². The standard InChI is InChI=1S/C9H10N2O3S/c10-5-7(6-11)9(12)8-3-1-2-4-15(8,13)14/h7-8H,1-4H2. The second-order valence-corrected chi connectivity index (χ2v) is 5.75. The summed E-state index contributed by atoms with van der Waals surface area (Å²) in [6.07, 6.45) is 1.44. The molecule has 0 aromatic rings. The summed E-state index contributed by atoms with van der Waals surface area (Å²) >= 11 is 0. The summed E-state index contributed by atoms with van der Waals surface area (Å²) in [4.78, 5) is 11.6. The van der Waals surface area contributed by atoms with Crippen molar-refractivity contribution in [3.05, 3.63) is 0 Å². The van der Waals surface area contributed by atoms with E-state index >= 15 is 0 Å². The number of rotatable bonds is 2. The molecule has 1 aliphatic rings. The van der Waals surface area contributed by atoms with Crippen LogP contribution in [0.2, 0.25) is 0 Å². The number of hydrogen-bond donors (Lipinski definition) is 0. The Balaban J connectivity index is 2.94. The third-order valence-electron chi connectivity index (χ3n) is 2.44. The van der Waals surface area contributed by atoms with Crippen LogP contribution in [0.15, 0.2) is 0 Å². The average molecular weight is 226 g/mol. The second kappa shape index (κ2) is 4.41. The number of carbonyl (C=O) groups is 1. The van der Waals surface area contributed by atoms with E-state index in [2.05, 4.69) is 0 Å². The molecule has 1 aliphatic heterocycles. The van der Waals surface area contributed by atoms with Crippen molar-refractivity contribution in [2.45, 2.75) is 24.5 Å². The second-order valence-electron chi connectivity index (χ2n) is 3.44. The van der Waals surface area contributed by atoms with Gasteiger partial charge in [0.05, 0.1) is 17.9 Å². The van der Waals surface area contributed by atoms with Gasteiger partial charge < -0.3 is 0 Å². The maximum absolute atomic E-state index is 11.6. The van der Waals surface area contributed by atoms with Crippen LogP contribution in [0.3, 0.4) is 0 Å². The lowest BCUT2D eigenvalue weighted by atomic mass is 10.0. The van der Waals surface area contributed by atoms with Gasteiger partial charge in [-0.25, -0.2) is 8.42 Å². The van der Waals surface area contributed by atoms with E-state index in [1.165, 1.54) is 12.1 Å². The summed E-state index contributed by atoms with van der Waals surface area (Å²) in [5, 5.41) is 15.9. The van der Waals surface area contributed by atoms with Gasteiger partial charge in [-0.05, 0) is 12.8 Å². The van der Waals surface area contributed by atoms with Crippen LogP contribution >= 0.6 is 0 Å². The Hall–Kier alpha value is -1.40. The highest BCUT2D eigenvalue weighted by atomic mass is 32.2. The monoisotopic (exact) mass is 226 g/mol. The smallest absolute Gasteiger partial charge is 0.192 e. The number of nitrogens with zero attached hydrogens (tertiary/aromatic N) is 2. The molecule has 0 N–H and O–H groups in total. The molecule has 5 nitrogen and oxygen atoms in total. The van der Waals surface area contributed by atoms with Crippen LogP contribution < -0.4 is 0 Å². The molecule has 1 saturated heterocycles. The highest BCUT2D eigenvalue weighted by Gasteiger charge is 2.38. The quantitative estimate of drug-likeness (QED) is 0.669. The number of hydrogen-bond acceptors (Lipinski definition) is 5. The highest BCUT2D eigenvalue weighted by Crippen LogP contribution is 2.22. The fraction of sp³-hybridized carbons (Fsp3) is 0.667. The molecular weight excluding hydrogens is 216 g/mol. The van der Waals surface area contributed by atoms with Crippen LogP contribution in [0.1, 0.15) is 19.3 Å². The topological polar surface area (TPSA) is 98.8 Å². The Morgan fingerprint density at radius 3 is 2.33 bits per heavy atom. The van der Waals surface area contributed by atoms with Crippen LogP contribution in [0, 0.1) is 28.6 Å². The Kier molecular flexibility index (Phi) is 3.43. The third-order valence-corrected chi connectivity index (χ3v) is 4.63. The zero-order valence-corrected chi connectivity index (χ0v) is 8.83. The number of Topliss-reactive ketones (excluding diaryl/α,β-unsaturated/α-hetero) is 1. The summed E-state index contributed by atoms with van der Waals surface area (Å²) in [6, 6.07) is 3.02. The molecule has 0 amide bonds. The van der Waals surface area contributed by atoms with Gasteiger partial charge in [0.15, 0.2) is 21.5 Å². The first-order valence-corrected chi connectivity index (χ1v) is 6.29. The summed E-state index contributed by atoms with van der Waals surface area (Å²) in [5.74, 6) is -2.24. The molecule has 0 aromatic carbocycles. The molecule has 1 rings (SSSR count). The van der Waals surface area contributed by atoms with Gasteiger partial charge in [-0.1, -0.05) is 6.42 Å². The lowest BCUT2D eigenvalue weighted by Crippen LogP contribution is -2.38. The molecule has 0 radical (unpaired) electrons. The first-order chi connectivity index (χ1) is 7.03. The molecule has 1 unspecified atom stereocenters. The Bertz CT molecular complexity index is 427. The third kappa shape index (κ3) is 2.34. The Morgan fingerprint density at radius 2 is 1.87 bits per heavy atom. The van der Waals surface area contributed by atoms with Crippen molar-refractivity contribution in [1.82, 2.24) is 0 Å². The summed E-state index contributed by atoms with van der Waals surface area (Å²) in [5.41, 5.74) is 0. The normalized spacial score (nSPS) is 24.1. The number of carbonyl (C=O) groups excluding carboxylic acids is 1. The fourth-order valence-electron chi connectivity index (χ4n) is 1.62. The van der Waals surface area contributed by atoms with Crippen LogP contribution in [0.25, 0.3) is 0 Å². The van der Waals surface area contributed by atoms with E-state index in [0.717, 1.165) is 0 Å². The first-order valence-electron chi connectivity index (χ1n) is 4.57. The molecule has 80 valence electrons. The molecule has 0 saturated carbocycles. The molecule has 1 heterocycles. The minimum Gasteiger partial charge on any atom is -0.296 e. The van der Waals surface area contributed by atoms with Gasteiger partial charge in [-0.3, -0.25) is 4.79 Å². The largest absolute Gasteiger partial charge is 0.296 e. The molecular formula is C9H10N2O3S. The SMILES string of the molecule is N#CC(C#N)C(=O)C1CCCCS1(=O)=O. The molecule has 0 bridgehead atoms. The van der Waals surface area contributed by atoms with Crippen molar-refractivity contribution < 1.29 is 13.2 Å². The van der Waals surface area contributed by atoms with E-state index in [4.69, 9.17) is 10.5 Å². The van der Waals surface area contributed by atoms with E-state index in [1.54, 1.807) is 0 Å². The van der Waals surface area contributed by atoms with Gasteiger partial charge >= 0.3 is 0 Å². The number of sulfone groups is 1. The molecule has 15 heavy (non-hydrogen) atoms. The Labute approximate surface area is 88.2 Å². The molecule has 1 atom stereocenters. The van der Waals surface area contributed by atoms with E-state index in [1.807, 2.05) is 0 Å². The number of nitriles is 2. The van der Waals surface area contributed by atoms with E-state index in [0.29, 0.717) is 12.8 Å². The zero-order chi connectivity index (χ0) is 11.5.